The van der Waals surface area contributed by atoms with E-state index in [2.05, 4.69) is 5.32 Å². The van der Waals surface area contributed by atoms with E-state index in [0.29, 0.717) is 11.6 Å². The number of halogens is 2. The average Bonchev–Trinajstić information content (AvgIpc) is 2.47. The molecular formula is C17H21ClFNO. The molecule has 3 rings (SSSR count). The molecule has 2 aliphatic rings. The van der Waals surface area contributed by atoms with Crippen molar-refractivity contribution in [3.63, 3.8) is 0 Å². The molecular weight excluding hydrogens is 289 g/mol. The van der Waals surface area contributed by atoms with E-state index in [-0.39, 0.29) is 16.9 Å². The molecule has 0 heterocycles. The first-order chi connectivity index (χ1) is 10.1. The van der Waals surface area contributed by atoms with Gasteiger partial charge in [-0.15, -0.1) is 0 Å². The van der Waals surface area contributed by atoms with Crippen LogP contribution in [-0.4, -0.2) is 12.5 Å². The van der Waals surface area contributed by atoms with Gasteiger partial charge in [0.15, 0.2) is 0 Å². The highest BCUT2D eigenvalue weighted by Crippen LogP contribution is 2.48. The fourth-order valence-electron chi connectivity index (χ4n) is 4.10. The number of hydrogen-bond acceptors (Lipinski definition) is 1. The van der Waals surface area contributed by atoms with E-state index in [4.69, 9.17) is 11.6 Å². The molecule has 2 fully saturated rings. The van der Waals surface area contributed by atoms with Crippen LogP contribution in [0.5, 0.6) is 0 Å². The van der Waals surface area contributed by atoms with Crippen molar-refractivity contribution in [2.75, 3.05) is 6.54 Å². The van der Waals surface area contributed by atoms with Crippen LogP contribution in [0.2, 0.25) is 5.02 Å². The molecule has 4 heteroatoms. The second kappa shape index (κ2) is 5.96. The number of carbonyl (C=O) groups excluding carboxylic acids is 1. The third kappa shape index (κ3) is 3.23. The zero-order valence-electron chi connectivity index (χ0n) is 12.1. The van der Waals surface area contributed by atoms with Crippen molar-refractivity contribution in [1.82, 2.24) is 5.32 Å². The Balaban J connectivity index is 1.66. The molecule has 114 valence electrons. The van der Waals surface area contributed by atoms with Gasteiger partial charge in [0.25, 0.3) is 5.91 Å². The number of fused-ring (bicyclic) bond motifs is 2. The molecule has 2 saturated carbocycles. The molecule has 1 aromatic carbocycles. The van der Waals surface area contributed by atoms with Gasteiger partial charge in [-0.25, -0.2) is 4.39 Å². The zero-order valence-corrected chi connectivity index (χ0v) is 12.9. The highest BCUT2D eigenvalue weighted by molar-refractivity contribution is 6.33. The topological polar surface area (TPSA) is 29.1 Å². The summed E-state index contributed by atoms with van der Waals surface area (Å²) in [5.41, 5.74) is 0.493. The number of carbonyl (C=O) groups is 1. The van der Waals surface area contributed by atoms with Crippen LogP contribution in [0.15, 0.2) is 18.2 Å². The SMILES string of the molecule is O=C(NCC12CCCC(CCC1)C2)c1cc(F)ccc1Cl. The molecule has 0 spiro atoms. The molecule has 0 radical (unpaired) electrons. The van der Waals surface area contributed by atoms with Gasteiger partial charge >= 0.3 is 0 Å². The molecule has 1 aromatic rings. The maximum atomic E-state index is 13.3. The van der Waals surface area contributed by atoms with Gasteiger partial charge in [0.1, 0.15) is 5.82 Å². The minimum Gasteiger partial charge on any atom is -0.351 e. The Labute approximate surface area is 130 Å². The van der Waals surface area contributed by atoms with Crippen LogP contribution in [0.3, 0.4) is 0 Å². The lowest BCUT2D eigenvalue weighted by Crippen LogP contribution is -2.43. The Morgan fingerprint density at radius 1 is 1.33 bits per heavy atom. The molecule has 0 aromatic heterocycles. The molecule has 2 bridgehead atoms. The maximum Gasteiger partial charge on any atom is 0.252 e. The van der Waals surface area contributed by atoms with Crippen LogP contribution >= 0.6 is 11.6 Å². The zero-order chi connectivity index (χ0) is 14.9. The third-order valence-electron chi connectivity index (χ3n) is 5.16. The summed E-state index contributed by atoms with van der Waals surface area (Å²) in [6.07, 6.45) is 8.82. The van der Waals surface area contributed by atoms with Crippen molar-refractivity contribution in [2.45, 2.75) is 44.9 Å². The van der Waals surface area contributed by atoms with E-state index in [1.54, 1.807) is 0 Å². The largest absolute Gasteiger partial charge is 0.351 e. The highest BCUT2D eigenvalue weighted by Gasteiger charge is 2.39. The van der Waals surface area contributed by atoms with Gasteiger partial charge in [0.05, 0.1) is 10.6 Å². The van der Waals surface area contributed by atoms with Crippen LogP contribution in [-0.2, 0) is 0 Å². The van der Waals surface area contributed by atoms with E-state index in [1.165, 1.54) is 63.1 Å². The van der Waals surface area contributed by atoms with Crippen LogP contribution in [0.1, 0.15) is 55.3 Å². The molecule has 1 N–H and O–H groups in total. The summed E-state index contributed by atoms with van der Waals surface area (Å²) < 4.78 is 13.3. The predicted octanol–water partition coefficient (Wildman–Crippen LogP) is 4.57. The molecule has 0 atom stereocenters. The van der Waals surface area contributed by atoms with Crippen LogP contribution < -0.4 is 5.32 Å². The number of hydrogen-bond donors (Lipinski definition) is 1. The van der Waals surface area contributed by atoms with Crippen molar-refractivity contribution in [2.24, 2.45) is 11.3 Å². The van der Waals surface area contributed by atoms with Gasteiger partial charge in [-0.2, -0.15) is 0 Å². The minimum absolute atomic E-state index is 0.233. The van der Waals surface area contributed by atoms with Gasteiger partial charge in [0.2, 0.25) is 0 Å². The number of rotatable bonds is 3. The molecule has 21 heavy (non-hydrogen) atoms. The maximum absolute atomic E-state index is 13.3. The number of benzene rings is 1. The summed E-state index contributed by atoms with van der Waals surface area (Å²) in [7, 11) is 0. The standard InChI is InChI=1S/C17H21ClFNO/c18-15-6-5-13(19)9-14(15)16(21)20-11-17-7-1-3-12(10-17)4-2-8-17/h5-6,9,12H,1-4,7-8,10-11H2,(H,20,21). The van der Waals surface area contributed by atoms with E-state index in [9.17, 15) is 9.18 Å². The lowest BCUT2D eigenvalue weighted by Gasteiger charge is -2.45. The van der Waals surface area contributed by atoms with Crippen molar-refractivity contribution in [1.29, 1.82) is 0 Å². The lowest BCUT2D eigenvalue weighted by atomic mass is 9.62. The molecule has 2 aliphatic carbocycles. The third-order valence-corrected chi connectivity index (χ3v) is 5.49. The van der Waals surface area contributed by atoms with E-state index < -0.39 is 5.82 Å². The van der Waals surface area contributed by atoms with Gasteiger partial charge in [-0.05, 0) is 48.8 Å². The van der Waals surface area contributed by atoms with Crippen molar-refractivity contribution in [3.8, 4) is 0 Å². The van der Waals surface area contributed by atoms with E-state index in [0.717, 1.165) is 5.92 Å². The Kier molecular flexibility index (Phi) is 4.21. The Hall–Kier alpha value is -1.09. The Morgan fingerprint density at radius 3 is 2.76 bits per heavy atom. The summed E-state index contributed by atoms with van der Waals surface area (Å²) >= 11 is 5.99. The van der Waals surface area contributed by atoms with Gasteiger partial charge < -0.3 is 5.32 Å². The fourth-order valence-corrected chi connectivity index (χ4v) is 4.31. The van der Waals surface area contributed by atoms with Gasteiger partial charge in [0, 0.05) is 6.54 Å². The summed E-state index contributed by atoms with van der Waals surface area (Å²) in [4.78, 5) is 12.3. The van der Waals surface area contributed by atoms with Gasteiger partial charge in [-0.1, -0.05) is 37.3 Å². The van der Waals surface area contributed by atoms with Crippen LogP contribution in [0.25, 0.3) is 0 Å². The fraction of sp³-hybridized carbons (Fsp3) is 0.588. The second-order valence-corrected chi connectivity index (χ2v) is 7.07. The van der Waals surface area contributed by atoms with Gasteiger partial charge in [-0.3, -0.25) is 4.79 Å². The lowest BCUT2D eigenvalue weighted by molar-refractivity contribution is 0.0681. The Morgan fingerprint density at radius 2 is 2.05 bits per heavy atom. The quantitative estimate of drug-likeness (QED) is 0.870. The number of nitrogens with one attached hydrogen (secondary N) is 1. The predicted molar refractivity (Wildman–Crippen MR) is 82.0 cm³/mol. The molecule has 0 saturated heterocycles. The van der Waals surface area contributed by atoms with Crippen molar-refractivity contribution in [3.05, 3.63) is 34.6 Å². The highest BCUT2D eigenvalue weighted by atomic mass is 35.5. The monoisotopic (exact) mass is 309 g/mol. The average molecular weight is 310 g/mol. The minimum atomic E-state index is -0.432. The molecule has 0 aliphatic heterocycles. The first-order valence-corrected chi connectivity index (χ1v) is 8.19. The van der Waals surface area contributed by atoms with Crippen LogP contribution in [0.4, 0.5) is 4.39 Å². The van der Waals surface area contributed by atoms with Crippen molar-refractivity contribution < 1.29 is 9.18 Å². The molecule has 0 unspecified atom stereocenters. The van der Waals surface area contributed by atoms with E-state index in [1.807, 2.05) is 0 Å². The smallest absolute Gasteiger partial charge is 0.252 e. The first kappa shape index (κ1) is 14.8. The first-order valence-electron chi connectivity index (χ1n) is 7.81. The summed E-state index contributed by atoms with van der Waals surface area (Å²) in [6, 6.07) is 3.91. The summed E-state index contributed by atoms with van der Waals surface area (Å²) in [6.45, 7) is 0.690. The molecule has 1 amide bonds. The second-order valence-electron chi connectivity index (χ2n) is 6.66. The summed E-state index contributed by atoms with van der Waals surface area (Å²) in [5.74, 6) is 0.141. The molecule has 2 nitrogen and oxygen atoms in total. The van der Waals surface area contributed by atoms with E-state index >= 15 is 0 Å². The number of amides is 1. The Bertz CT molecular complexity index is 536. The summed E-state index contributed by atoms with van der Waals surface area (Å²) in [5, 5.41) is 3.30. The normalized spacial score (nSPS) is 28.2. The van der Waals surface area contributed by atoms with Crippen LogP contribution in [0, 0.1) is 17.2 Å². The van der Waals surface area contributed by atoms with Crippen molar-refractivity contribution >= 4 is 17.5 Å².